The summed E-state index contributed by atoms with van der Waals surface area (Å²) in [6.07, 6.45) is 14.2. The summed E-state index contributed by atoms with van der Waals surface area (Å²) in [5, 5.41) is 0. The van der Waals surface area contributed by atoms with E-state index in [0.717, 1.165) is 0 Å². The zero-order chi connectivity index (χ0) is 6.53. The van der Waals surface area contributed by atoms with Crippen LogP contribution < -0.4 is 0 Å². The molecule has 0 unspecified atom stereocenters. The molecule has 0 radical (unpaired) electrons. The van der Waals surface area contributed by atoms with E-state index in [1.807, 2.05) is 6.08 Å². The minimum atomic E-state index is 0.503. The van der Waals surface area contributed by atoms with Crippen molar-refractivity contribution in [2.75, 3.05) is 0 Å². The zero-order valence-corrected chi connectivity index (χ0v) is 5.33. The Morgan fingerprint density at radius 3 is 2.44 bits per heavy atom. The third kappa shape index (κ3) is 1.73. The first-order valence-electron chi connectivity index (χ1n) is 3.07. The van der Waals surface area contributed by atoms with Crippen molar-refractivity contribution in [1.82, 2.24) is 0 Å². The second kappa shape index (κ2) is 3.08. The summed E-state index contributed by atoms with van der Waals surface area (Å²) < 4.78 is 0. The van der Waals surface area contributed by atoms with Crippen LogP contribution in [0.4, 0.5) is 0 Å². The van der Waals surface area contributed by atoms with Crippen molar-refractivity contribution in [2.24, 2.45) is 5.92 Å². The van der Waals surface area contributed by atoms with Gasteiger partial charge in [-0.05, 0) is 0 Å². The van der Waals surface area contributed by atoms with Gasteiger partial charge in [-0.15, -0.1) is 0 Å². The van der Waals surface area contributed by atoms with Crippen LogP contribution in [0.3, 0.4) is 0 Å². The van der Waals surface area contributed by atoms with Gasteiger partial charge in [-0.1, -0.05) is 49.1 Å². The SMILES string of the molecule is C=CC=CC1C=CC=C1. The standard InChI is InChI=1S/C9H10/c1-2-3-6-9-7-4-5-8-9/h2-9H,1H2. The molecule has 0 saturated heterocycles. The molecule has 0 atom stereocenters. The molecule has 0 heteroatoms. The van der Waals surface area contributed by atoms with Gasteiger partial charge < -0.3 is 0 Å². The molecule has 0 aromatic carbocycles. The van der Waals surface area contributed by atoms with Crippen LogP contribution in [0.2, 0.25) is 0 Å². The van der Waals surface area contributed by atoms with Crippen LogP contribution in [0, 0.1) is 5.92 Å². The zero-order valence-electron chi connectivity index (χ0n) is 5.33. The van der Waals surface area contributed by atoms with Crippen LogP contribution in [0.15, 0.2) is 49.1 Å². The molecule has 0 amide bonds. The predicted molar refractivity (Wildman–Crippen MR) is 41.1 cm³/mol. The largest absolute Gasteiger partial charge is 0.0991 e. The van der Waals surface area contributed by atoms with Crippen molar-refractivity contribution in [3.05, 3.63) is 49.1 Å². The molecular weight excluding hydrogens is 108 g/mol. The van der Waals surface area contributed by atoms with Crippen molar-refractivity contribution >= 4 is 0 Å². The third-order valence-electron chi connectivity index (χ3n) is 1.25. The van der Waals surface area contributed by atoms with Crippen molar-refractivity contribution < 1.29 is 0 Å². The Morgan fingerprint density at radius 1 is 1.22 bits per heavy atom. The number of rotatable bonds is 2. The van der Waals surface area contributed by atoms with E-state index in [1.165, 1.54) is 0 Å². The van der Waals surface area contributed by atoms with Crippen LogP contribution >= 0.6 is 0 Å². The minimum absolute atomic E-state index is 0.503. The molecular formula is C9H10. The molecule has 0 aromatic rings. The Hall–Kier alpha value is -1.04. The molecule has 0 nitrogen and oxygen atoms in total. The van der Waals surface area contributed by atoms with E-state index in [0.29, 0.717) is 5.92 Å². The Kier molecular flexibility index (Phi) is 2.08. The van der Waals surface area contributed by atoms with Crippen molar-refractivity contribution in [2.45, 2.75) is 0 Å². The summed E-state index contributed by atoms with van der Waals surface area (Å²) in [6.45, 7) is 3.59. The van der Waals surface area contributed by atoms with E-state index in [-0.39, 0.29) is 0 Å². The molecule has 0 bridgehead atoms. The monoisotopic (exact) mass is 118 g/mol. The fourth-order valence-corrected chi connectivity index (χ4v) is 0.784. The first-order valence-corrected chi connectivity index (χ1v) is 3.07. The summed E-state index contributed by atoms with van der Waals surface area (Å²) >= 11 is 0. The molecule has 9 heavy (non-hydrogen) atoms. The average Bonchev–Trinajstić information content (AvgIpc) is 2.34. The van der Waals surface area contributed by atoms with Gasteiger partial charge in [-0.25, -0.2) is 0 Å². The molecule has 1 aliphatic carbocycles. The Morgan fingerprint density at radius 2 is 1.89 bits per heavy atom. The maximum Gasteiger partial charge on any atom is 0.0136 e. The van der Waals surface area contributed by atoms with Gasteiger partial charge in [0.25, 0.3) is 0 Å². The van der Waals surface area contributed by atoms with Gasteiger partial charge in [0.05, 0.1) is 0 Å². The highest BCUT2D eigenvalue weighted by atomic mass is 14.0. The molecule has 0 saturated carbocycles. The molecule has 0 N–H and O–H groups in total. The second-order valence-electron chi connectivity index (χ2n) is 1.97. The second-order valence-corrected chi connectivity index (χ2v) is 1.97. The summed E-state index contributed by atoms with van der Waals surface area (Å²) in [4.78, 5) is 0. The van der Waals surface area contributed by atoms with Gasteiger partial charge in [0.15, 0.2) is 0 Å². The van der Waals surface area contributed by atoms with Crippen molar-refractivity contribution in [3.63, 3.8) is 0 Å². The molecule has 0 aromatic heterocycles. The van der Waals surface area contributed by atoms with E-state index in [1.54, 1.807) is 6.08 Å². The lowest BCUT2D eigenvalue weighted by atomic mass is 10.1. The predicted octanol–water partition coefficient (Wildman–Crippen LogP) is 2.47. The molecule has 1 rings (SSSR count). The Balaban J connectivity index is 2.45. The van der Waals surface area contributed by atoms with E-state index in [4.69, 9.17) is 0 Å². The lowest BCUT2D eigenvalue weighted by Crippen LogP contribution is -1.78. The van der Waals surface area contributed by atoms with Gasteiger partial charge in [-0.2, -0.15) is 0 Å². The van der Waals surface area contributed by atoms with Crippen LogP contribution in [0.1, 0.15) is 0 Å². The highest BCUT2D eigenvalue weighted by Crippen LogP contribution is 2.09. The van der Waals surface area contributed by atoms with Crippen LogP contribution in [0.25, 0.3) is 0 Å². The van der Waals surface area contributed by atoms with Gasteiger partial charge in [-0.3, -0.25) is 0 Å². The summed E-state index contributed by atoms with van der Waals surface area (Å²) in [5.74, 6) is 0.503. The first-order chi connectivity index (χ1) is 4.43. The fraction of sp³-hybridized carbons (Fsp3) is 0.111. The maximum absolute atomic E-state index is 3.59. The minimum Gasteiger partial charge on any atom is -0.0991 e. The van der Waals surface area contributed by atoms with Gasteiger partial charge in [0.1, 0.15) is 0 Å². The highest BCUT2D eigenvalue weighted by Gasteiger charge is 1.94. The molecule has 0 heterocycles. The topological polar surface area (TPSA) is 0 Å². The number of hydrogen-bond acceptors (Lipinski definition) is 0. The lowest BCUT2D eigenvalue weighted by molar-refractivity contribution is 1.09. The first kappa shape index (κ1) is 6.09. The highest BCUT2D eigenvalue weighted by molar-refractivity contribution is 5.23. The van der Waals surface area contributed by atoms with Crippen molar-refractivity contribution in [1.29, 1.82) is 0 Å². The van der Waals surface area contributed by atoms with E-state index in [2.05, 4.69) is 37.0 Å². The fourth-order valence-electron chi connectivity index (χ4n) is 0.784. The van der Waals surface area contributed by atoms with Crippen LogP contribution in [0.5, 0.6) is 0 Å². The maximum atomic E-state index is 3.59. The van der Waals surface area contributed by atoms with Crippen molar-refractivity contribution in [3.8, 4) is 0 Å². The van der Waals surface area contributed by atoms with E-state index >= 15 is 0 Å². The Bertz CT molecular complexity index is 158. The molecule has 0 aliphatic heterocycles. The molecule has 1 aliphatic rings. The van der Waals surface area contributed by atoms with Gasteiger partial charge in [0, 0.05) is 5.92 Å². The smallest absolute Gasteiger partial charge is 0.0136 e. The van der Waals surface area contributed by atoms with Gasteiger partial charge >= 0.3 is 0 Å². The van der Waals surface area contributed by atoms with Gasteiger partial charge in [0.2, 0.25) is 0 Å². The Labute approximate surface area is 55.9 Å². The molecule has 0 spiro atoms. The summed E-state index contributed by atoms with van der Waals surface area (Å²) in [7, 11) is 0. The summed E-state index contributed by atoms with van der Waals surface area (Å²) in [5.41, 5.74) is 0. The van der Waals surface area contributed by atoms with Crippen LogP contribution in [-0.2, 0) is 0 Å². The van der Waals surface area contributed by atoms with E-state index in [9.17, 15) is 0 Å². The lowest BCUT2D eigenvalue weighted by Gasteiger charge is -1.90. The van der Waals surface area contributed by atoms with Crippen LogP contribution in [-0.4, -0.2) is 0 Å². The quantitative estimate of drug-likeness (QED) is 0.488. The van der Waals surface area contributed by atoms with E-state index < -0.39 is 0 Å². The average molecular weight is 118 g/mol. The number of hydrogen-bond donors (Lipinski definition) is 0. The normalized spacial score (nSPS) is 17.8. The molecule has 46 valence electrons. The summed E-state index contributed by atoms with van der Waals surface area (Å²) in [6, 6.07) is 0. The molecule has 0 fully saturated rings. The third-order valence-corrected chi connectivity index (χ3v) is 1.25. The number of allylic oxidation sites excluding steroid dienone is 7.